The Kier molecular flexibility index (Phi) is 5.27. The van der Waals surface area contributed by atoms with Crippen LogP contribution in [0.5, 0.6) is 0 Å². The van der Waals surface area contributed by atoms with E-state index < -0.39 is 11.1 Å². The molecule has 9 nitrogen and oxygen atoms in total. The van der Waals surface area contributed by atoms with Gasteiger partial charge in [0, 0.05) is 6.54 Å². The topological polar surface area (TPSA) is 143 Å². The molecule has 1 rings (SSSR count). The van der Waals surface area contributed by atoms with E-state index in [1.54, 1.807) is 23.6 Å². The summed E-state index contributed by atoms with van der Waals surface area (Å²) in [6.45, 7) is 2.10. The summed E-state index contributed by atoms with van der Waals surface area (Å²) in [5.74, 6) is -0.394. The van der Waals surface area contributed by atoms with Crippen molar-refractivity contribution in [2.24, 2.45) is 10.7 Å². The average Bonchev–Trinajstić information content (AvgIpc) is 2.35. The molecule has 0 radical (unpaired) electrons. The minimum Gasteiger partial charge on any atom is -0.465 e. The highest BCUT2D eigenvalue weighted by molar-refractivity contribution is 5.79. The summed E-state index contributed by atoms with van der Waals surface area (Å²) in [6, 6.07) is 6.84. The SMILES string of the molecule is CC(CNC(=O)O)c1cccc(N=C(N)N[N+](=O)[O-])c1. The number of nitro groups is 1. The van der Waals surface area contributed by atoms with Crippen molar-refractivity contribution in [3.05, 3.63) is 39.9 Å². The molecule has 1 atom stereocenters. The Labute approximate surface area is 114 Å². The first-order valence-electron chi connectivity index (χ1n) is 5.70. The summed E-state index contributed by atoms with van der Waals surface area (Å²) in [6.07, 6.45) is -1.09. The number of rotatable bonds is 5. The molecule has 0 saturated carbocycles. The summed E-state index contributed by atoms with van der Waals surface area (Å²) in [7, 11) is 0. The molecular weight excluding hydrogens is 266 g/mol. The Hall–Kier alpha value is -2.84. The van der Waals surface area contributed by atoms with E-state index in [2.05, 4.69) is 10.3 Å². The van der Waals surface area contributed by atoms with Crippen molar-refractivity contribution in [3.8, 4) is 0 Å². The van der Waals surface area contributed by atoms with Gasteiger partial charge in [0.2, 0.25) is 0 Å². The molecule has 1 aromatic carbocycles. The van der Waals surface area contributed by atoms with Crippen LogP contribution in [0.2, 0.25) is 0 Å². The van der Waals surface area contributed by atoms with Crippen molar-refractivity contribution >= 4 is 17.7 Å². The van der Waals surface area contributed by atoms with Gasteiger partial charge in [-0.1, -0.05) is 24.5 Å². The maximum Gasteiger partial charge on any atom is 0.404 e. The summed E-state index contributed by atoms with van der Waals surface area (Å²) < 4.78 is 0. The third-order valence-electron chi connectivity index (χ3n) is 2.45. The smallest absolute Gasteiger partial charge is 0.404 e. The number of carboxylic acid groups (broad SMARTS) is 1. The van der Waals surface area contributed by atoms with E-state index in [9.17, 15) is 14.9 Å². The summed E-state index contributed by atoms with van der Waals surface area (Å²) in [4.78, 5) is 24.5. The van der Waals surface area contributed by atoms with Gasteiger partial charge in [-0.3, -0.25) is 0 Å². The molecule has 0 saturated heterocycles. The minimum absolute atomic E-state index is 0.0639. The fourth-order valence-corrected chi connectivity index (χ4v) is 1.52. The van der Waals surface area contributed by atoms with Crippen LogP contribution in [0.4, 0.5) is 10.5 Å². The Morgan fingerprint density at radius 1 is 1.60 bits per heavy atom. The molecule has 0 aliphatic rings. The molecule has 5 N–H and O–H groups in total. The fraction of sp³-hybridized carbons (Fsp3) is 0.273. The summed E-state index contributed by atoms with van der Waals surface area (Å²) >= 11 is 0. The van der Waals surface area contributed by atoms with E-state index in [0.717, 1.165) is 5.56 Å². The standard InChI is InChI=1S/C11H15N5O4/c1-7(6-13-11(17)18)8-3-2-4-9(5-8)14-10(12)15-16(19)20/h2-5,7,13H,6H2,1H3,(H,17,18)(H3,12,14,15). The molecule has 0 aliphatic carbocycles. The van der Waals surface area contributed by atoms with Crippen molar-refractivity contribution in [2.75, 3.05) is 6.54 Å². The highest BCUT2D eigenvalue weighted by atomic mass is 16.7. The predicted molar refractivity (Wildman–Crippen MR) is 72.3 cm³/mol. The first-order valence-corrected chi connectivity index (χ1v) is 5.70. The van der Waals surface area contributed by atoms with E-state index >= 15 is 0 Å². The van der Waals surface area contributed by atoms with Gasteiger partial charge in [-0.15, -0.1) is 0 Å². The van der Waals surface area contributed by atoms with Gasteiger partial charge in [-0.05, 0) is 23.6 Å². The zero-order valence-corrected chi connectivity index (χ0v) is 10.7. The lowest BCUT2D eigenvalue weighted by atomic mass is 10.0. The molecule has 0 bridgehead atoms. The van der Waals surface area contributed by atoms with E-state index in [1.165, 1.54) is 0 Å². The molecule has 0 aromatic heterocycles. The third-order valence-corrected chi connectivity index (χ3v) is 2.45. The van der Waals surface area contributed by atoms with Gasteiger partial charge in [0.25, 0.3) is 5.96 Å². The van der Waals surface area contributed by atoms with Crippen LogP contribution in [-0.4, -0.2) is 28.7 Å². The molecule has 0 aliphatic heterocycles. The zero-order chi connectivity index (χ0) is 15.1. The number of hydrogen-bond donors (Lipinski definition) is 4. The lowest BCUT2D eigenvalue weighted by Crippen LogP contribution is -2.35. The third kappa shape index (κ3) is 5.21. The number of nitrogens with zero attached hydrogens (tertiary/aromatic N) is 2. The van der Waals surface area contributed by atoms with Crippen molar-refractivity contribution in [1.29, 1.82) is 0 Å². The maximum atomic E-state index is 10.4. The summed E-state index contributed by atoms with van der Waals surface area (Å²) in [5.41, 5.74) is 8.36. The number of guanidine groups is 1. The van der Waals surface area contributed by atoms with Gasteiger partial charge in [-0.2, -0.15) is 0 Å². The highest BCUT2D eigenvalue weighted by Crippen LogP contribution is 2.20. The van der Waals surface area contributed by atoms with Crippen LogP contribution >= 0.6 is 0 Å². The molecule has 108 valence electrons. The van der Waals surface area contributed by atoms with Crippen LogP contribution in [0.25, 0.3) is 0 Å². The number of nitrogens with two attached hydrogens (primary N) is 1. The number of hydrogen-bond acceptors (Lipinski definition) is 4. The van der Waals surface area contributed by atoms with Gasteiger partial charge in [0.15, 0.2) is 5.03 Å². The highest BCUT2D eigenvalue weighted by Gasteiger charge is 2.08. The molecule has 0 fully saturated rings. The molecule has 9 heteroatoms. The van der Waals surface area contributed by atoms with Crippen LogP contribution in [0, 0.1) is 10.1 Å². The van der Waals surface area contributed by atoms with Gasteiger partial charge < -0.3 is 16.2 Å². The minimum atomic E-state index is -1.09. The van der Waals surface area contributed by atoms with E-state index in [1.807, 2.05) is 13.0 Å². The number of carbonyl (C=O) groups is 1. The monoisotopic (exact) mass is 281 g/mol. The van der Waals surface area contributed by atoms with Crippen LogP contribution < -0.4 is 16.5 Å². The Morgan fingerprint density at radius 3 is 2.90 bits per heavy atom. The molecule has 1 amide bonds. The largest absolute Gasteiger partial charge is 0.465 e. The van der Waals surface area contributed by atoms with Crippen molar-refractivity contribution in [1.82, 2.24) is 10.7 Å². The molecule has 0 heterocycles. The maximum absolute atomic E-state index is 10.4. The number of benzene rings is 1. The van der Waals surface area contributed by atoms with Crippen molar-refractivity contribution in [2.45, 2.75) is 12.8 Å². The van der Waals surface area contributed by atoms with Gasteiger partial charge in [0.1, 0.15) is 0 Å². The molecular formula is C11H15N5O4. The van der Waals surface area contributed by atoms with E-state index in [-0.39, 0.29) is 18.4 Å². The van der Waals surface area contributed by atoms with Gasteiger partial charge in [0.05, 0.1) is 5.69 Å². The lowest BCUT2D eigenvalue weighted by molar-refractivity contribution is -0.525. The van der Waals surface area contributed by atoms with Crippen LogP contribution in [0.1, 0.15) is 18.4 Å². The summed E-state index contributed by atoms with van der Waals surface area (Å²) in [5, 5.41) is 20.2. The van der Waals surface area contributed by atoms with Crippen molar-refractivity contribution in [3.63, 3.8) is 0 Å². The van der Waals surface area contributed by atoms with Gasteiger partial charge in [-0.25, -0.2) is 19.9 Å². The van der Waals surface area contributed by atoms with Crippen LogP contribution in [0.15, 0.2) is 29.3 Å². The van der Waals surface area contributed by atoms with Crippen molar-refractivity contribution < 1.29 is 14.9 Å². The Morgan fingerprint density at radius 2 is 2.30 bits per heavy atom. The second-order valence-corrected chi connectivity index (χ2v) is 4.05. The average molecular weight is 281 g/mol. The molecule has 1 unspecified atom stereocenters. The number of amides is 1. The predicted octanol–water partition coefficient (Wildman–Crippen LogP) is 0.785. The van der Waals surface area contributed by atoms with Crippen LogP contribution in [0.3, 0.4) is 0 Å². The Balaban J connectivity index is 2.79. The first kappa shape index (κ1) is 15.2. The zero-order valence-electron chi connectivity index (χ0n) is 10.7. The lowest BCUT2D eigenvalue weighted by Gasteiger charge is -2.12. The number of nitrogens with one attached hydrogen (secondary N) is 2. The Bertz CT molecular complexity index is 531. The quantitative estimate of drug-likeness (QED) is 0.272. The van der Waals surface area contributed by atoms with Gasteiger partial charge >= 0.3 is 6.09 Å². The van der Waals surface area contributed by atoms with E-state index in [0.29, 0.717) is 5.69 Å². The molecule has 20 heavy (non-hydrogen) atoms. The second kappa shape index (κ2) is 6.92. The van der Waals surface area contributed by atoms with E-state index in [4.69, 9.17) is 10.8 Å². The normalized spacial score (nSPS) is 12.6. The number of aliphatic imine (C=N–C) groups is 1. The van der Waals surface area contributed by atoms with Crippen LogP contribution in [-0.2, 0) is 0 Å². The number of hydrazine groups is 1. The fourth-order valence-electron chi connectivity index (χ4n) is 1.52. The molecule has 0 spiro atoms. The first-order chi connectivity index (χ1) is 9.38. The second-order valence-electron chi connectivity index (χ2n) is 4.05. The molecule has 1 aromatic rings.